The summed E-state index contributed by atoms with van der Waals surface area (Å²) in [5, 5.41) is 2.78. The van der Waals surface area contributed by atoms with Crippen LogP contribution in [0.4, 0.5) is 5.69 Å². The molecule has 0 saturated carbocycles. The van der Waals surface area contributed by atoms with Crippen molar-refractivity contribution in [2.45, 2.75) is 20.0 Å². The minimum absolute atomic E-state index is 0.254. The lowest BCUT2D eigenvalue weighted by Gasteiger charge is -2.13. The Bertz CT molecular complexity index is 956. The largest absolute Gasteiger partial charge is 0.459 e. The molecule has 0 radical (unpaired) electrons. The molecule has 1 amide bonds. The first-order valence-corrected chi connectivity index (χ1v) is 8.54. The van der Waals surface area contributed by atoms with Crippen LogP contribution in [0.1, 0.15) is 34.6 Å². The van der Waals surface area contributed by atoms with E-state index in [9.17, 15) is 9.59 Å². The molecule has 2 heterocycles. The number of para-hydroxylation sites is 1. The molecule has 0 unspecified atom stereocenters. The summed E-state index contributed by atoms with van der Waals surface area (Å²) in [4.78, 5) is 33.7. The van der Waals surface area contributed by atoms with Gasteiger partial charge in [-0.3, -0.25) is 14.8 Å². The summed E-state index contributed by atoms with van der Waals surface area (Å²) in [5.41, 5.74) is 2.10. The number of ether oxygens (including phenoxy) is 1. The number of carbonyl (C=O) groups is 2. The molecule has 1 aromatic carbocycles. The molecule has 27 heavy (non-hydrogen) atoms. The number of benzene rings is 1. The van der Waals surface area contributed by atoms with Crippen LogP contribution in [0.5, 0.6) is 0 Å². The summed E-state index contributed by atoms with van der Waals surface area (Å²) in [5.74, 6) is -0.870. The highest BCUT2D eigenvalue weighted by Gasteiger charge is 2.19. The van der Waals surface area contributed by atoms with Gasteiger partial charge < -0.3 is 10.1 Å². The van der Waals surface area contributed by atoms with E-state index in [1.165, 1.54) is 0 Å². The number of hydrogen-bond donors (Lipinski definition) is 1. The third-order valence-corrected chi connectivity index (χ3v) is 3.70. The number of esters is 1. The lowest BCUT2D eigenvalue weighted by molar-refractivity contribution is 0.0379. The van der Waals surface area contributed by atoms with Gasteiger partial charge in [0.25, 0.3) is 5.91 Å². The zero-order valence-corrected chi connectivity index (χ0v) is 15.0. The van der Waals surface area contributed by atoms with Crippen LogP contribution in [0, 0.1) is 0 Å². The van der Waals surface area contributed by atoms with E-state index >= 15 is 0 Å². The number of anilines is 1. The molecular formula is C21H19N3O3. The molecule has 1 N–H and O–H groups in total. The van der Waals surface area contributed by atoms with Crippen LogP contribution in [0.25, 0.3) is 11.4 Å². The van der Waals surface area contributed by atoms with Gasteiger partial charge >= 0.3 is 5.97 Å². The van der Waals surface area contributed by atoms with Crippen LogP contribution in [0.3, 0.4) is 0 Å². The van der Waals surface area contributed by atoms with Crippen LogP contribution in [-0.4, -0.2) is 27.9 Å². The molecule has 0 aliphatic rings. The van der Waals surface area contributed by atoms with E-state index in [2.05, 4.69) is 15.3 Å². The summed E-state index contributed by atoms with van der Waals surface area (Å²) < 4.78 is 5.24. The van der Waals surface area contributed by atoms with E-state index in [0.717, 1.165) is 0 Å². The number of pyridine rings is 2. The molecule has 3 rings (SSSR count). The number of carbonyl (C=O) groups excluding carboxylic acids is 2. The van der Waals surface area contributed by atoms with Gasteiger partial charge in [0.1, 0.15) is 5.69 Å². The van der Waals surface area contributed by atoms with Gasteiger partial charge in [0.05, 0.1) is 28.6 Å². The quantitative estimate of drug-likeness (QED) is 0.696. The fraction of sp³-hybridized carbons (Fsp3) is 0.143. The highest BCUT2D eigenvalue weighted by Crippen LogP contribution is 2.22. The van der Waals surface area contributed by atoms with Crippen LogP contribution in [0.2, 0.25) is 0 Å². The molecule has 0 saturated heterocycles. The van der Waals surface area contributed by atoms with Gasteiger partial charge in [0.2, 0.25) is 0 Å². The molecule has 136 valence electrons. The second-order valence-electron chi connectivity index (χ2n) is 6.07. The van der Waals surface area contributed by atoms with Crippen molar-refractivity contribution >= 4 is 17.6 Å². The van der Waals surface area contributed by atoms with Crippen molar-refractivity contribution in [2.75, 3.05) is 5.32 Å². The van der Waals surface area contributed by atoms with Gasteiger partial charge in [-0.1, -0.05) is 18.2 Å². The first kappa shape index (κ1) is 18.3. The first-order valence-electron chi connectivity index (χ1n) is 8.54. The van der Waals surface area contributed by atoms with E-state index in [-0.39, 0.29) is 12.0 Å². The summed E-state index contributed by atoms with van der Waals surface area (Å²) in [6.07, 6.45) is 2.99. The third-order valence-electron chi connectivity index (χ3n) is 3.70. The van der Waals surface area contributed by atoms with E-state index in [0.29, 0.717) is 28.2 Å². The summed E-state index contributed by atoms with van der Waals surface area (Å²) in [6, 6.07) is 15.5. The van der Waals surface area contributed by atoms with Gasteiger partial charge in [0, 0.05) is 12.4 Å². The highest BCUT2D eigenvalue weighted by atomic mass is 16.5. The van der Waals surface area contributed by atoms with E-state index < -0.39 is 5.97 Å². The zero-order chi connectivity index (χ0) is 19.2. The Labute approximate surface area is 157 Å². The number of aromatic nitrogens is 2. The molecule has 3 aromatic rings. The number of nitrogens with zero attached hydrogens (tertiary/aromatic N) is 2. The van der Waals surface area contributed by atoms with Crippen molar-refractivity contribution in [3.05, 3.63) is 78.1 Å². The van der Waals surface area contributed by atoms with Crippen LogP contribution >= 0.6 is 0 Å². The standard InChI is InChI=1S/C21H19N3O3/c1-14(2)27-21(26)15-8-3-4-10-17(15)24-20(25)16-9-7-13-23-19(16)18-11-5-6-12-22-18/h3-14H,1-2H3,(H,24,25). The molecule has 0 bridgehead atoms. The maximum absolute atomic E-state index is 12.9. The molecule has 0 fully saturated rings. The van der Waals surface area contributed by atoms with Crippen molar-refractivity contribution < 1.29 is 14.3 Å². The Morgan fingerprint density at radius 1 is 0.889 bits per heavy atom. The van der Waals surface area contributed by atoms with Gasteiger partial charge in [-0.2, -0.15) is 0 Å². The van der Waals surface area contributed by atoms with Gasteiger partial charge in [-0.05, 0) is 50.2 Å². The summed E-state index contributed by atoms with van der Waals surface area (Å²) in [6.45, 7) is 3.54. The predicted octanol–water partition coefficient (Wildman–Crippen LogP) is 3.96. The number of hydrogen-bond acceptors (Lipinski definition) is 5. The SMILES string of the molecule is CC(C)OC(=O)c1ccccc1NC(=O)c1cccnc1-c1ccccn1. The smallest absolute Gasteiger partial charge is 0.340 e. The minimum Gasteiger partial charge on any atom is -0.459 e. The number of nitrogens with one attached hydrogen (secondary N) is 1. The lowest BCUT2D eigenvalue weighted by atomic mass is 10.1. The van der Waals surface area contributed by atoms with Gasteiger partial charge in [-0.15, -0.1) is 0 Å². The van der Waals surface area contributed by atoms with Crippen molar-refractivity contribution in [1.29, 1.82) is 0 Å². The molecule has 0 aliphatic carbocycles. The molecule has 0 atom stereocenters. The van der Waals surface area contributed by atoms with E-state index in [1.54, 1.807) is 74.8 Å². The summed E-state index contributed by atoms with van der Waals surface area (Å²) >= 11 is 0. The van der Waals surface area contributed by atoms with E-state index in [4.69, 9.17) is 4.74 Å². The maximum atomic E-state index is 12.9. The van der Waals surface area contributed by atoms with Gasteiger partial charge in [-0.25, -0.2) is 4.79 Å². The van der Waals surface area contributed by atoms with Gasteiger partial charge in [0.15, 0.2) is 0 Å². The summed E-state index contributed by atoms with van der Waals surface area (Å²) in [7, 11) is 0. The Hall–Kier alpha value is -3.54. The highest BCUT2D eigenvalue weighted by molar-refractivity contribution is 6.10. The zero-order valence-electron chi connectivity index (χ0n) is 15.0. The molecule has 2 aromatic heterocycles. The van der Waals surface area contributed by atoms with Crippen molar-refractivity contribution in [1.82, 2.24) is 9.97 Å². The molecule has 6 nitrogen and oxygen atoms in total. The number of amides is 1. The molecule has 6 heteroatoms. The minimum atomic E-state index is -0.489. The molecular weight excluding hydrogens is 342 g/mol. The lowest BCUT2D eigenvalue weighted by Crippen LogP contribution is -2.18. The normalized spacial score (nSPS) is 10.5. The topological polar surface area (TPSA) is 81.2 Å². The average Bonchev–Trinajstić information content (AvgIpc) is 2.68. The molecule has 0 aliphatic heterocycles. The van der Waals surface area contributed by atoms with E-state index in [1.807, 2.05) is 6.07 Å². The fourth-order valence-corrected chi connectivity index (χ4v) is 2.53. The monoisotopic (exact) mass is 361 g/mol. The Morgan fingerprint density at radius 2 is 1.59 bits per heavy atom. The Balaban J connectivity index is 1.91. The second kappa shape index (κ2) is 8.23. The average molecular weight is 361 g/mol. The predicted molar refractivity (Wildman–Crippen MR) is 102 cm³/mol. The van der Waals surface area contributed by atoms with Crippen LogP contribution in [-0.2, 0) is 4.74 Å². The van der Waals surface area contributed by atoms with Crippen LogP contribution in [0.15, 0.2) is 67.0 Å². The third kappa shape index (κ3) is 4.36. The van der Waals surface area contributed by atoms with Crippen molar-refractivity contribution in [2.24, 2.45) is 0 Å². The second-order valence-corrected chi connectivity index (χ2v) is 6.07. The maximum Gasteiger partial charge on any atom is 0.340 e. The Kier molecular flexibility index (Phi) is 5.56. The number of rotatable bonds is 5. The van der Waals surface area contributed by atoms with Crippen LogP contribution < -0.4 is 5.32 Å². The molecule has 0 spiro atoms. The first-order chi connectivity index (χ1) is 13.1. The fourth-order valence-electron chi connectivity index (χ4n) is 2.53. The Morgan fingerprint density at radius 3 is 2.33 bits per heavy atom. The van der Waals surface area contributed by atoms with Crippen molar-refractivity contribution in [3.63, 3.8) is 0 Å². The van der Waals surface area contributed by atoms with Crippen molar-refractivity contribution in [3.8, 4) is 11.4 Å².